The van der Waals surface area contributed by atoms with Crippen LogP contribution in [-0.2, 0) is 25.6 Å². The quantitative estimate of drug-likeness (QED) is 0.0440. The van der Waals surface area contributed by atoms with Crippen LogP contribution in [0.1, 0.15) is 149 Å². The van der Waals surface area contributed by atoms with Crippen molar-refractivity contribution in [3.05, 3.63) is 28.8 Å². The number of anilines is 1. The normalized spacial score (nSPS) is 13.6. The van der Waals surface area contributed by atoms with E-state index in [1.165, 1.54) is 96.2 Å². The third-order valence-electron chi connectivity index (χ3n) is 9.37. The van der Waals surface area contributed by atoms with Gasteiger partial charge < -0.3 is 25.5 Å². The second-order valence-electron chi connectivity index (χ2n) is 13.7. The fourth-order valence-electron chi connectivity index (χ4n) is 5.85. The van der Waals surface area contributed by atoms with Crippen LogP contribution >= 0.6 is 0 Å². The topological polar surface area (TPSA) is 168 Å². The molecule has 2 aromatic heterocycles. The van der Waals surface area contributed by atoms with Gasteiger partial charge in [-0.25, -0.2) is 4.98 Å². The van der Waals surface area contributed by atoms with E-state index in [-0.39, 0.29) is 42.5 Å². The number of hydrogen-bond donors (Lipinski definition) is 3. The number of ether oxygens (including phenoxy) is 2. The standard InChI is InChI=1S/C38H66N6O5/c1-4-6-7-8-9-10-11-12-13-14-15-16-17-18-19-20-21-22-23-24-32(45)49-28-31(25-26-48-37(47)33(39)30(3)5-2)27-44-29-41-34-35(44)42-38(40)43-36(34)46/h12-13,29-31,33H,4-11,14-28,39H2,1-3H3,(H3,40,42,43,46)/t30-,31+,33-/m0/s1. The number of carbonyl (C=O) groups excluding carboxylic acids is 2. The molecular formula is C38H66N6O5. The molecule has 0 spiro atoms. The Bertz CT molecular complexity index is 1280. The van der Waals surface area contributed by atoms with Crippen molar-refractivity contribution >= 4 is 29.1 Å². The van der Waals surface area contributed by atoms with E-state index < -0.39 is 17.6 Å². The molecule has 0 amide bonds. The molecule has 278 valence electrons. The first kappa shape index (κ1) is 42.0. The van der Waals surface area contributed by atoms with Crippen LogP contribution in [0.4, 0.5) is 5.95 Å². The van der Waals surface area contributed by atoms with Crippen molar-refractivity contribution in [1.82, 2.24) is 19.5 Å². The van der Waals surface area contributed by atoms with E-state index in [1.54, 1.807) is 4.57 Å². The lowest BCUT2D eigenvalue weighted by atomic mass is 10.0. The molecule has 2 aromatic rings. The maximum atomic E-state index is 12.6. The van der Waals surface area contributed by atoms with Crippen molar-refractivity contribution in [2.75, 3.05) is 18.9 Å². The molecule has 11 heteroatoms. The average Bonchev–Trinajstić information content (AvgIpc) is 3.49. The predicted octanol–water partition coefficient (Wildman–Crippen LogP) is 7.77. The summed E-state index contributed by atoms with van der Waals surface area (Å²) in [7, 11) is 0. The van der Waals surface area contributed by atoms with Crippen molar-refractivity contribution in [1.29, 1.82) is 0 Å². The number of aromatic amines is 1. The van der Waals surface area contributed by atoms with E-state index in [0.29, 0.717) is 25.0 Å². The second kappa shape index (κ2) is 25.7. The fraction of sp³-hybridized carbons (Fsp3) is 0.763. The average molecular weight is 687 g/mol. The molecule has 0 bridgehead atoms. The Morgan fingerprint density at radius 2 is 1.49 bits per heavy atom. The zero-order valence-corrected chi connectivity index (χ0v) is 30.8. The molecule has 11 nitrogen and oxygen atoms in total. The summed E-state index contributed by atoms with van der Waals surface area (Å²) in [6.07, 6.45) is 29.1. The van der Waals surface area contributed by atoms with Crippen LogP contribution in [0.5, 0.6) is 0 Å². The van der Waals surface area contributed by atoms with Crippen molar-refractivity contribution in [3.63, 3.8) is 0 Å². The van der Waals surface area contributed by atoms with E-state index in [4.69, 9.17) is 20.9 Å². The highest BCUT2D eigenvalue weighted by molar-refractivity contribution is 5.75. The van der Waals surface area contributed by atoms with Gasteiger partial charge in [0.05, 0.1) is 19.5 Å². The van der Waals surface area contributed by atoms with Crippen molar-refractivity contribution in [2.24, 2.45) is 17.6 Å². The second-order valence-corrected chi connectivity index (χ2v) is 13.7. The lowest BCUT2D eigenvalue weighted by Crippen LogP contribution is -2.38. The number of H-pyrrole nitrogens is 1. The number of hydrogen-bond acceptors (Lipinski definition) is 9. The Morgan fingerprint density at radius 3 is 2.10 bits per heavy atom. The van der Waals surface area contributed by atoms with Crippen molar-refractivity contribution in [3.8, 4) is 0 Å². The molecule has 49 heavy (non-hydrogen) atoms. The first-order valence-electron chi connectivity index (χ1n) is 19.2. The summed E-state index contributed by atoms with van der Waals surface area (Å²) < 4.78 is 12.8. The van der Waals surface area contributed by atoms with E-state index in [2.05, 4.69) is 34.0 Å². The Balaban J connectivity index is 1.62. The minimum atomic E-state index is -0.686. The molecule has 0 fully saturated rings. The van der Waals surface area contributed by atoms with Gasteiger partial charge in [-0.15, -0.1) is 0 Å². The van der Waals surface area contributed by atoms with Gasteiger partial charge in [-0.2, -0.15) is 4.98 Å². The van der Waals surface area contributed by atoms with Gasteiger partial charge >= 0.3 is 11.9 Å². The van der Waals surface area contributed by atoms with Crippen LogP contribution in [0.15, 0.2) is 23.3 Å². The summed E-state index contributed by atoms with van der Waals surface area (Å²) in [5.41, 5.74) is 11.9. The van der Waals surface area contributed by atoms with Gasteiger partial charge in [-0.1, -0.05) is 116 Å². The van der Waals surface area contributed by atoms with Gasteiger partial charge in [0.25, 0.3) is 5.56 Å². The molecule has 2 rings (SSSR count). The number of nitrogens with one attached hydrogen (secondary N) is 1. The predicted molar refractivity (Wildman–Crippen MR) is 198 cm³/mol. The van der Waals surface area contributed by atoms with Crippen LogP contribution in [0.25, 0.3) is 11.2 Å². The Labute approximate surface area is 294 Å². The van der Waals surface area contributed by atoms with E-state index in [9.17, 15) is 14.4 Å². The van der Waals surface area contributed by atoms with Crippen molar-refractivity contribution in [2.45, 2.75) is 162 Å². The molecule has 0 saturated carbocycles. The number of fused-ring (bicyclic) bond motifs is 1. The van der Waals surface area contributed by atoms with Crippen molar-refractivity contribution < 1.29 is 19.1 Å². The summed E-state index contributed by atoms with van der Waals surface area (Å²) in [4.78, 5) is 48.0. The number of allylic oxidation sites excluding steroid dienone is 2. The minimum Gasteiger partial charge on any atom is -0.465 e. The zero-order chi connectivity index (χ0) is 35.7. The molecule has 0 aliphatic carbocycles. The third-order valence-corrected chi connectivity index (χ3v) is 9.37. The highest BCUT2D eigenvalue weighted by atomic mass is 16.5. The van der Waals surface area contributed by atoms with Gasteiger partial charge in [0.2, 0.25) is 5.95 Å². The Hall–Kier alpha value is -3.21. The molecule has 0 unspecified atom stereocenters. The summed E-state index contributed by atoms with van der Waals surface area (Å²) in [6.45, 7) is 6.78. The molecule has 0 aromatic carbocycles. The maximum Gasteiger partial charge on any atom is 0.323 e. The third kappa shape index (κ3) is 17.8. The van der Waals surface area contributed by atoms with E-state index >= 15 is 0 Å². The largest absolute Gasteiger partial charge is 0.465 e. The molecule has 0 saturated heterocycles. The number of carbonyl (C=O) groups is 2. The highest BCUT2D eigenvalue weighted by Crippen LogP contribution is 2.16. The Kier molecular flexibility index (Phi) is 22.0. The van der Waals surface area contributed by atoms with Gasteiger partial charge in [0.15, 0.2) is 11.2 Å². The Morgan fingerprint density at radius 1 is 0.898 bits per heavy atom. The van der Waals surface area contributed by atoms with Crippen LogP contribution in [-0.4, -0.2) is 50.7 Å². The molecule has 5 N–H and O–H groups in total. The molecule has 3 atom stereocenters. The van der Waals surface area contributed by atoms with Gasteiger partial charge in [0, 0.05) is 18.9 Å². The molecule has 2 heterocycles. The summed E-state index contributed by atoms with van der Waals surface area (Å²) in [6, 6.07) is -0.686. The van der Waals surface area contributed by atoms with E-state index in [1.807, 2.05) is 13.8 Å². The van der Waals surface area contributed by atoms with Gasteiger partial charge in [-0.05, 0) is 44.4 Å². The number of nitrogens with zero attached hydrogens (tertiary/aromatic N) is 3. The first-order valence-corrected chi connectivity index (χ1v) is 19.2. The fourth-order valence-corrected chi connectivity index (χ4v) is 5.85. The number of aromatic nitrogens is 4. The maximum absolute atomic E-state index is 12.6. The number of nitrogen functional groups attached to an aromatic ring is 1. The van der Waals surface area contributed by atoms with Crippen LogP contribution in [0.2, 0.25) is 0 Å². The summed E-state index contributed by atoms with van der Waals surface area (Å²) in [5.74, 6) is -0.889. The molecule has 0 radical (unpaired) electrons. The van der Waals surface area contributed by atoms with Crippen LogP contribution < -0.4 is 17.0 Å². The first-order chi connectivity index (χ1) is 23.8. The lowest BCUT2D eigenvalue weighted by Gasteiger charge is -2.20. The molecular weight excluding hydrogens is 620 g/mol. The number of unbranched alkanes of at least 4 members (excludes halogenated alkanes) is 15. The number of rotatable bonds is 29. The number of imidazole rings is 1. The smallest absolute Gasteiger partial charge is 0.323 e. The number of nitrogens with two attached hydrogens (primary N) is 2. The molecule has 0 aliphatic heterocycles. The highest BCUT2D eigenvalue weighted by Gasteiger charge is 2.22. The van der Waals surface area contributed by atoms with E-state index in [0.717, 1.165) is 25.7 Å². The van der Waals surface area contributed by atoms with Gasteiger partial charge in [0.1, 0.15) is 6.04 Å². The van der Waals surface area contributed by atoms with Crippen LogP contribution in [0.3, 0.4) is 0 Å². The van der Waals surface area contributed by atoms with Gasteiger partial charge in [-0.3, -0.25) is 19.4 Å². The monoisotopic (exact) mass is 687 g/mol. The number of esters is 2. The zero-order valence-electron chi connectivity index (χ0n) is 30.8. The summed E-state index contributed by atoms with van der Waals surface area (Å²) in [5, 5.41) is 0. The summed E-state index contributed by atoms with van der Waals surface area (Å²) >= 11 is 0. The minimum absolute atomic E-state index is 0.00700. The lowest BCUT2D eigenvalue weighted by molar-refractivity contribution is -0.149. The molecule has 0 aliphatic rings. The van der Waals surface area contributed by atoms with Crippen LogP contribution in [0, 0.1) is 11.8 Å². The SMILES string of the molecule is CCCCCCCCC=CCCCCCCCCCCCC(=O)OC[C@H](CCOC(=O)[C@@H](N)[C@@H](C)CC)Cn1cnc2c(=O)[nH]c(N)nc21.